The van der Waals surface area contributed by atoms with Crippen molar-refractivity contribution in [3.63, 3.8) is 0 Å². The van der Waals surface area contributed by atoms with Crippen LogP contribution in [0.5, 0.6) is 0 Å². The predicted molar refractivity (Wildman–Crippen MR) is 75.5 cm³/mol. The van der Waals surface area contributed by atoms with E-state index in [4.69, 9.17) is 10.8 Å². The maximum atomic E-state index is 10.5. The fourth-order valence-electron chi connectivity index (χ4n) is 2.35. The Labute approximate surface area is 125 Å². The van der Waals surface area contributed by atoms with E-state index in [0.717, 1.165) is 0 Å². The molecule has 0 saturated carbocycles. The highest BCUT2D eigenvalue weighted by Gasteiger charge is 2.44. The Kier molecular flexibility index (Phi) is 4.30. The van der Waals surface area contributed by atoms with Crippen LogP contribution in [0.4, 0.5) is 5.82 Å². The zero-order valence-electron chi connectivity index (χ0n) is 11.8. The lowest BCUT2D eigenvalue weighted by Gasteiger charge is -2.34. The number of aliphatic hydroxyl groups is 4. The fraction of sp³-hybridized carbons (Fsp3) is 0.462. The molecule has 9 nitrogen and oxygen atoms in total. The maximum Gasteiger partial charge on any atom is 0.151 e. The molecular weight excluding hydrogens is 290 g/mol. The molecule has 0 aliphatic rings. The summed E-state index contributed by atoms with van der Waals surface area (Å²) in [6.45, 7) is 0.452. The molecule has 2 aromatic heterocycles. The molecule has 0 fully saturated rings. The molecule has 0 amide bonds. The Morgan fingerprint density at radius 3 is 2.73 bits per heavy atom. The summed E-state index contributed by atoms with van der Waals surface area (Å²) < 4.78 is 1.34. The van der Waals surface area contributed by atoms with E-state index in [1.54, 1.807) is 6.07 Å². The number of nitrogens with zero attached hydrogens (tertiary/aromatic N) is 4. The van der Waals surface area contributed by atoms with Crippen LogP contribution in [0.15, 0.2) is 18.5 Å². The van der Waals surface area contributed by atoms with E-state index >= 15 is 0 Å². The van der Waals surface area contributed by atoms with Gasteiger partial charge in [0.1, 0.15) is 35.6 Å². The highest BCUT2D eigenvalue weighted by molar-refractivity contribution is 5.65. The topological polar surface area (TPSA) is 161 Å². The molecule has 118 valence electrons. The van der Waals surface area contributed by atoms with Crippen molar-refractivity contribution in [1.82, 2.24) is 14.6 Å². The van der Waals surface area contributed by atoms with Gasteiger partial charge in [0.2, 0.25) is 0 Å². The van der Waals surface area contributed by atoms with Gasteiger partial charge in [-0.25, -0.2) is 9.50 Å². The second kappa shape index (κ2) is 5.86. The van der Waals surface area contributed by atoms with Crippen molar-refractivity contribution in [3.05, 3.63) is 24.2 Å². The summed E-state index contributed by atoms with van der Waals surface area (Å²) in [4.78, 5) is 3.82. The van der Waals surface area contributed by atoms with E-state index in [0.29, 0.717) is 5.52 Å². The molecule has 0 spiro atoms. The summed E-state index contributed by atoms with van der Waals surface area (Å²) in [6, 6.07) is 5.00. The number of nitriles is 1. The molecule has 9 heteroatoms. The summed E-state index contributed by atoms with van der Waals surface area (Å²) in [5.41, 5.74) is 4.42. The summed E-state index contributed by atoms with van der Waals surface area (Å²) in [6.07, 6.45) is -2.11. The zero-order valence-corrected chi connectivity index (χ0v) is 11.8. The van der Waals surface area contributed by atoms with Crippen LogP contribution in [0.3, 0.4) is 0 Å². The Bertz CT molecular complexity index is 708. The lowest BCUT2D eigenvalue weighted by molar-refractivity contribution is -0.131. The Morgan fingerprint density at radius 1 is 1.45 bits per heavy atom. The quantitative estimate of drug-likeness (QED) is 0.440. The Hall–Kier alpha value is -2.25. The van der Waals surface area contributed by atoms with Crippen LogP contribution in [0.2, 0.25) is 0 Å². The van der Waals surface area contributed by atoms with Crippen molar-refractivity contribution < 1.29 is 20.4 Å². The van der Waals surface area contributed by atoms with Crippen LogP contribution in [-0.4, -0.2) is 59.4 Å². The standard InChI is InChI=1S/C13H17N5O4/c1-13(22,11(21)10(20)5-19)7(4-14)8-2-3-9-12(15)16-6-17-18(8)9/h2-3,6-7,10-11,19-22H,5H2,1H3,(H2,15,16,17)/t7-,10-,11-,13+/m1/s1. The first-order valence-corrected chi connectivity index (χ1v) is 6.51. The van der Waals surface area contributed by atoms with Crippen molar-refractivity contribution in [1.29, 1.82) is 5.26 Å². The number of aromatic nitrogens is 3. The normalized spacial score (nSPS) is 18.4. The van der Waals surface area contributed by atoms with Crippen LogP contribution in [0.1, 0.15) is 18.5 Å². The van der Waals surface area contributed by atoms with Gasteiger partial charge in [-0.3, -0.25) is 0 Å². The highest BCUT2D eigenvalue weighted by Crippen LogP contribution is 2.33. The SMILES string of the molecule is C[C@](O)([C@H](C#N)c1ccc2c(N)ncnn12)[C@H](O)[C@H](O)CO. The third kappa shape index (κ3) is 2.49. The van der Waals surface area contributed by atoms with Gasteiger partial charge in [0.05, 0.1) is 18.4 Å². The average molecular weight is 307 g/mol. The number of rotatable bonds is 5. The molecule has 4 atom stereocenters. The van der Waals surface area contributed by atoms with Crippen LogP contribution >= 0.6 is 0 Å². The van der Waals surface area contributed by atoms with E-state index in [2.05, 4.69) is 10.1 Å². The molecule has 22 heavy (non-hydrogen) atoms. The van der Waals surface area contributed by atoms with E-state index in [1.165, 1.54) is 23.8 Å². The second-order valence-corrected chi connectivity index (χ2v) is 5.18. The minimum Gasteiger partial charge on any atom is -0.394 e. The predicted octanol–water partition coefficient (Wildman–Crippen LogP) is -1.62. The monoisotopic (exact) mass is 307 g/mol. The minimum absolute atomic E-state index is 0.202. The summed E-state index contributed by atoms with van der Waals surface area (Å²) in [7, 11) is 0. The van der Waals surface area contributed by atoms with Gasteiger partial charge in [-0.2, -0.15) is 10.4 Å². The first kappa shape index (κ1) is 16.1. The van der Waals surface area contributed by atoms with Gasteiger partial charge in [-0.1, -0.05) is 0 Å². The molecule has 0 aliphatic heterocycles. The highest BCUT2D eigenvalue weighted by atomic mass is 16.4. The molecule has 2 aromatic rings. The van der Waals surface area contributed by atoms with Crippen molar-refractivity contribution >= 4 is 11.3 Å². The zero-order chi connectivity index (χ0) is 16.5. The molecular formula is C13H17N5O4. The van der Waals surface area contributed by atoms with Crippen molar-refractivity contribution in [3.8, 4) is 6.07 Å². The van der Waals surface area contributed by atoms with Gasteiger partial charge in [-0.15, -0.1) is 0 Å². The molecule has 0 aliphatic carbocycles. The van der Waals surface area contributed by atoms with Crippen LogP contribution in [-0.2, 0) is 0 Å². The van der Waals surface area contributed by atoms with Gasteiger partial charge in [0, 0.05) is 0 Å². The second-order valence-electron chi connectivity index (χ2n) is 5.18. The summed E-state index contributed by atoms with van der Waals surface area (Å²) >= 11 is 0. The van der Waals surface area contributed by atoms with E-state index < -0.39 is 30.3 Å². The van der Waals surface area contributed by atoms with Crippen molar-refractivity contribution in [2.24, 2.45) is 0 Å². The molecule has 0 bridgehead atoms. The number of fused-ring (bicyclic) bond motifs is 1. The molecule has 0 saturated heterocycles. The first-order chi connectivity index (χ1) is 10.3. The summed E-state index contributed by atoms with van der Waals surface area (Å²) in [5, 5.41) is 52.4. The Balaban J connectivity index is 2.51. The van der Waals surface area contributed by atoms with Crippen molar-refractivity contribution in [2.45, 2.75) is 30.7 Å². The lowest BCUT2D eigenvalue weighted by Crippen LogP contribution is -2.52. The van der Waals surface area contributed by atoms with Crippen molar-refractivity contribution in [2.75, 3.05) is 12.3 Å². The molecule has 2 rings (SSSR count). The largest absolute Gasteiger partial charge is 0.394 e. The molecule has 6 N–H and O–H groups in total. The van der Waals surface area contributed by atoms with Crippen LogP contribution in [0, 0.1) is 11.3 Å². The number of hydrogen-bond donors (Lipinski definition) is 5. The van der Waals surface area contributed by atoms with Gasteiger partial charge in [-0.05, 0) is 19.1 Å². The molecule has 2 heterocycles. The number of anilines is 1. The summed E-state index contributed by atoms with van der Waals surface area (Å²) in [5.74, 6) is -1.02. The third-order valence-electron chi connectivity index (χ3n) is 3.67. The van der Waals surface area contributed by atoms with Crippen LogP contribution in [0.25, 0.3) is 5.52 Å². The number of nitrogens with two attached hydrogens (primary N) is 1. The van der Waals surface area contributed by atoms with E-state index in [9.17, 15) is 20.6 Å². The number of hydrogen-bond acceptors (Lipinski definition) is 8. The maximum absolute atomic E-state index is 10.5. The van der Waals surface area contributed by atoms with Gasteiger partial charge in [0.25, 0.3) is 0 Å². The van der Waals surface area contributed by atoms with Gasteiger partial charge < -0.3 is 26.2 Å². The minimum atomic E-state index is -2.02. The lowest BCUT2D eigenvalue weighted by atomic mass is 9.81. The van der Waals surface area contributed by atoms with Gasteiger partial charge in [0.15, 0.2) is 5.82 Å². The molecule has 0 unspecified atom stereocenters. The number of nitrogen functional groups attached to an aromatic ring is 1. The van der Waals surface area contributed by atoms with Crippen LogP contribution < -0.4 is 5.73 Å². The number of aliphatic hydroxyl groups excluding tert-OH is 3. The Morgan fingerprint density at radius 2 is 2.14 bits per heavy atom. The van der Waals surface area contributed by atoms with Gasteiger partial charge >= 0.3 is 0 Å². The fourth-order valence-corrected chi connectivity index (χ4v) is 2.35. The average Bonchev–Trinajstić information content (AvgIpc) is 2.91. The molecule has 0 aromatic carbocycles. The third-order valence-corrected chi connectivity index (χ3v) is 3.67. The van der Waals surface area contributed by atoms with E-state index in [-0.39, 0.29) is 11.5 Å². The smallest absolute Gasteiger partial charge is 0.151 e. The first-order valence-electron chi connectivity index (χ1n) is 6.51. The molecule has 0 radical (unpaired) electrons. The van der Waals surface area contributed by atoms with E-state index in [1.807, 2.05) is 6.07 Å².